The summed E-state index contributed by atoms with van der Waals surface area (Å²) >= 11 is 6.12. The number of esters is 1. The van der Waals surface area contributed by atoms with Gasteiger partial charge in [0.25, 0.3) is 5.91 Å². The van der Waals surface area contributed by atoms with Crippen molar-refractivity contribution in [3.05, 3.63) is 82.6 Å². The number of carbonyl (C=O) groups excluding carboxylic acids is 2. The van der Waals surface area contributed by atoms with E-state index in [9.17, 15) is 9.59 Å². The molecule has 0 aliphatic rings. The van der Waals surface area contributed by atoms with Crippen LogP contribution in [0.3, 0.4) is 0 Å². The van der Waals surface area contributed by atoms with Crippen LogP contribution in [0.4, 0.5) is 0 Å². The maximum atomic E-state index is 12.1. The Morgan fingerprint density at radius 3 is 2.56 bits per heavy atom. The van der Waals surface area contributed by atoms with Gasteiger partial charge in [0.1, 0.15) is 5.76 Å². The van der Waals surface area contributed by atoms with E-state index < -0.39 is 5.97 Å². The Kier molecular flexibility index (Phi) is 5.94. The number of furan rings is 1. The van der Waals surface area contributed by atoms with Crippen molar-refractivity contribution >= 4 is 23.5 Å². The van der Waals surface area contributed by atoms with E-state index in [1.807, 2.05) is 37.3 Å². The molecule has 5 nitrogen and oxygen atoms in total. The highest BCUT2D eigenvalue weighted by molar-refractivity contribution is 6.33. The van der Waals surface area contributed by atoms with Gasteiger partial charge in [-0.1, -0.05) is 48.0 Å². The number of nitrogens with one attached hydrogen (secondary N) is 1. The zero-order valence-electron chi connectivity index (χ0n) is 14.7. The minimum absolute atomic E-state index is 0.0108. The van der Waals surface area contributed by atoms with Gasteiger partial charge in [-0.2, -0.15) is 0 Å². The summed E-state index contributed by atoms with van der Waals surface area (Å²) in [4.78, 5) is 24.0. The Morgan fingerprint density at radius 1 is 1.04 bits per heavy atom. The smallest absolute Gasteiger partial charge is 0.374 e. The molecule has 0 aliphatic carbocycles. The molecule has 0 fully saturated rings. The number of carbonyl (C=O) groups is 2. The van der Waals surface area contributed by atoms with Gasteiger partial charge in [0, 0.05) is 12.1 Å². The summed E-state index contributed by atoms with van der Waals surface area (Å²) in [6.45, 7) is 1.96. The fraction of sp³-hybridized carbons (Fsp3) is 0.143. The second-order valence-electron chi connectivity index (χ2n) is 5.92. The molecule has 3 aromatic rings. The topological polar surface area (TPSA) is 68.5 Å². The average Bonchev–Trinajstić information content (AvgIpc) is 3.16. The number of amides is 1. The van der Waals surface area contributed by atoms with Crippen LogP contribution in [0.2, 0.25) is 5.02 Å². The van der Waals surface area contributed by atoms with Gasteiger partial charge in [0.2, 0.25) is 5.76 Å². The number of ether oxygens (including phenoxy) is 1. The largest absolute Gasteiger partial charge is 0.450 e. The zero-order valence-corrected chi connectivity index (χ0v) is 15.5. The second kappa shape index (κ2) is 8.56. The van der Waals surface area contributed by atoms with Gasteiger partial charge < -0.3 is 14.5 Å². The average molecular weight is 384 g/mol. The lowest BCUT2D eigenvalue weighted by atomic mass is 10.1. The van der Waals surface area contributed by atoms with Crippen molar-refractivity contribution in [3.8, 4) is 11.3 Å². The molecule has 2 aromatic carbocycles. The summed E-state index contributed by atoms with van der Waals surface area (Å²) in [6, 6.07) is 18.0. The van der Waals surface area contributed by atoms with Crippen molar-refractivity contribution in [1.82, 2.24) is 5.32 Å². The second-order valence-corrected chi connectivity index (χ2v) is 6.33. The Bertz CT molecular complexity index is 964. The van der Waals surface area contributed by atoms with E-state index in [4.69, 9.17) is 20.8 Å². The molecule has 0 saturated carbocycles. The van der Waals surface area contributed by atoms with Crippen LogP contribution in [0, 0.1) is 6.92 Å². The molecule has 1 amide bonds. The highest BCUT2D eigenvalue weighted by atomic mass is 35.5. The van der Waals surface area contributed by atoms with Gasteiger partial charge in [-0.25, -0.2) is 4.79 Å². The van der Waals surface area contributed by atoms with Crippen LogP contribution in [0.1, 0.15) is 21.7 Å². The molecule has 0 aliphatic heterocycles. The van der Waals surface area contributed by atoms with Crippen LogP contribution in [0.25, 0.3) is 11.3 Å². The summed E-state index contributed by atoms with van der Waals surface area (Å²) in [5.74, 6) is -0.628. The van der Waals surface area contributed by atoms with Gasteiger partial charge in [-0.3, -0.25) is 4.79 Å². The maximum Gasteiger partial charge on any atom is 0.374 e. The highest BCUT2D eigenvalue weighted by Crippen LogP contribution is 2.29. The lowest BCUT2D eigenvalue weighted by molar-refractivity contribution is -0.124. The van der Waals surface area contributed by atoms with Gasteiger partial charge in [-0.05, 0) is 42.3 Å². The Labute approximate surface area is 161 Å². The molecule has 6 heteroatoms. The van der Waals surface area contributed by atoms with Crippen molar-refractivity contribution in [1.29, 1.82) is 0 Å². The van der Waals surface area contributed by atoms with E-state index in [1.54, 1.807) is 24.3 Å². The Morgan fingerprint density at radius 2 is 1.78 bits per heavy atom. The van der Waals surface area contributed by atoms with Gasteiger partial charge in [-0.15, -0.1) is 0 Å². The lowest BCUT2D eigenvalue weighted by Crippen LogP contribution is -2.28. The van der Waals surface area contributed by atoms with Crippen LogP contribution in [0.15, 0.2) is 65.1 Å². The molecule has 1 heterocycles. The van der Waals surface area contributed by atoms with Crippen LogP contribution >= 0.6 is 11.6 Å². The van der Waals surface area contributed by atoms with Crippen molar-refractivity contribution in [3.63, 3.8) is 0 Å². The molecule has 0 bridgehead atoms. The number of halogens is 1. The molecule has 1 N–H and O–H groups in total. The molecule has 0 unspecified atom stereocenters. The monoisotopic (exact) mass is 383 g/mol. The predicted molar refractivity (Wildman–Crippen MR) is 102 cm³/mol. The molecule has 3 rings (SSSR count). The third-order valence-electron chi connectivity index (χ3n) is 4.02. The Hall–Kier alpha value is -3.05. The van der Waals surface area contributed by atoms with Crippen LogP contribution in [0.5, 0.6) is 0 Å². The molecule has 0 spiro atoms. The first-order valence-electron chi connectivity index (χ1n) is 8.37. The predicted octanol–water partition coefficient (Wildman–Crippen LogP) is 4.38. The van der Waals surface area contributed by atoms with Crippen LogP contribution < -0.4 is 5.32 Å². The summed E-state index contributed by atoms with van der Waals surface area (Å²) in [5, 5.41) is 3.24. The Balaban J connectivity index is 1.53. The van der Waals surface area contributed by atoms with E-state index in [-0.39, 0.29) is 18.3 Å². The van der Waals surface area contributed by atoms with E-state index in [1.165, 1.54) is 6.07 Å². The minimum Gasteiger partial charge on any atom is -0.450 e. The van der Waals surface area contributed by atoms with Gasteiger partial charge in [0.05, 0.1) is 5.02 Å². The first-order chi connectivity index (χ1) is 13.0. The molecule has 0 saturated heterocycles. The van der Waals surface area contributed by atoms with Crippen molar-refractivity contribution < 1.29 is 18.7 Å². The van der Waals surface area contributed by atoms with Crippen molar-refractivity contribution in [2.45, 2.75) is 13.5 Å². The van der Waals surface area contributed by atoms with E-state index >= 15 is 0 Å². The molecule has 0 atom stereocenters. The van der Waals surface area contributed by atoms with Gasteiger partial charge in [0.15, 0.2) is 6.61 Å². The van der Waals surface area contributed by atoms with Crippen molar-refractivity contribution in [2.24, 2.45) is 0 Å². The number of benzene rings is 2. The van der Waals surface area contributed by atoms with Gasteiger partial charge >= 0.3 is 5.97 Å². The molecular formula is C21H18ClNO4. The third kappa shape index (κ3) is 4.77. The minimum atomic E-state index is -0.709. The molecular weight excluding hydrogens is 366 g/mol. The third-order valence-corrected chi connectivity index (χ3v) is 4.35. The van der Waals surface area contributed by atoms with Crippen molar-refractivity contribution in [2.75, 3.05) is 6.61 Å². The highest BCUT2D eigenvalue weighted by Gasteiger charge is 2.16. The zero-order chi connectivity index (χ0) is 19.2. The molecule has 0 radical (unpaired) electrons. The summed E-state index contributed by atoms with van der Waals surface area (Å²) in [7, 11) is 0. The first kappa shape index (κ1) is 18.7. The quantitative estimate of drug-likeness (QED) is 0.641. The van der Waals surface area contributed by atoms with E-state index in [0.717, 1.165) is 11.1 Å². The SMILES string of the molecule is Cc1ccccc1CNC(=O)COC(=O)c1ccc(-c2ccccc2Cl)o1. The normalized spacial score (nSPS) is 10.4. The number of hydrogen-bond donors (Lipinski definition) is 1. The standard InChI is InChI=1S/C21H18ClNO4/c1-14-6-2-3-7-15(14)12-23-20(24)13-26-21(25)19-11-10-18(27-19)16-8-4-5-9-17(16)22/h2-11H,12-13H2,1H3,(H,23,24). The summed E-state index contributed by atoms with van der Waals surface area (Å²) < 4.78 is 10.5. The number of rotatable bonds is 6. The summed E-state index contributed by atoms with van der Waals surface area (Å²) in [5.41, 5.74) is 2.76. The number of hydrogen-bond acceptors (Lipinski definition) is 4. The molecule has 27 heavy (non-hydrogen) atoms. The van der Waals surface area contributed by atoms with E-state index in [0.29, 0.717) is 22.9 Å². The summed E-state index contributed by atoms with van der Waals surface area (Å²) in [6.07, 6.45) is 0. The molecule has 1 aromatic heterocycles. The fourth-order valence-electron chi connectivity index (χ4n) is 2.51. The lowest BCUT2D eigenvalue weighted by Gasteiger charge is -2.08. The van der Waals surface area contributed by atoms with Crippen LogP contribution in [-0.2, 0) is 16.1 Å². The van der Waals surface area contributed by atoms with Crippen LogP contribution in [-0.4, -0.2) is 18.5 Å². The molecule has 138 valence electrons. The number of aryl methyl sites for hydroxylation is 1. The first-order valence-corrected chi connectivity index (χ1v) is 8.75. The maximum absolute atomic E-state index is 12.1. The fourth-order valence-corrected chi connectivity index (χ4v) is 2.74. The van der Waals surface area contributed by atoms with E-state index in [2.05, 4.69) is 5.32 Å².